The summed E-state index contributed by atoms with van der Waals surface area (Å²) in [5, 5.41) is 8.93. The number of nitrogens with zero attached hydrogens (tertiary/aromatic N) is 1. The predicted octanol–water partition coefficient (Wildman–Crippen LogP) is 1.94. The Morgan fingerprint density at radius 2 is 1.86 bits per heavy atom. The van der Waals surface area contributed by atoms with Crippen LogP contribution in [0.1, 0.15) is 29.6 Å². The van der Waals surface area contributed by atoms with Crippen molar-refractivity contribution in [2.24, 2.45) is 11.8 Å². The molecule has 1 heterocycles. The molecule has 0 amide bonds. The van der Waals surface area contributed by atoms with Crippen LogP contribution in [0.4, 0.5) is 4.39 Å². The van der Waals surface area contributed by atoms with Crippen LogP contribution < -0.4 is 0 Å². The monoisotopic (exact) mass is 313 g/mol. The molecule has 2 fully saturated rings. The van der Waals surface area contributed by atoms with E-state index in [4.69, 9.17) is 5.11 Å². The second-order valence-corrected chi connectivity index (χ2v) is 7.63. The minimum atomic E-state index is -3.97. The van der Waals surface area contributed by atoms with Crippen molar-refractivity contribution in [1.82, 2.24) is 4.31 Å². The molecule has 5 nitrogen and oxygen atoms in total. The van der Waals surface area contributed by atoms with Gasteiger partial charge in [0.15, 0.2) is 0 Å². The van der Waals surface area contributed by atoms with Crippen LogP contribution in [0, 0.1) is 17.7 Å². The average Bonchev–Trinajstić information content (AvgIpc) is 2.99. The number of halogens is 1. The maximum atomic E-state index is 13.9. The number of hydrogen-bond acceptors (Lipinski definition) is 3. The van der Waals surface area contributed by atoms with Crippen molar-refractivity contribution in [1.29, 1.82) is 0 Å². The van der Waals surface area contributed by atoms with Gasteiger partial charge in [-0.1, -0.05) is 6.42 Å². The molecule has 2 aliphatic rings. The van der Waals surface area contributed by atoms with Crippen LogP contribution in [0.15, 0.2) is 23.1 Å². The molecule has 0 bridgehead atoms. The molecule has 3 rings (SSSR count). The molecule has 7 heteroatoms. The van der Waals surface area contributed by atoms with Gasteiger partial charge in [-0.05, 0) is 42.9 Å². The third-order valence-electron chi connectivity index (χ3n) is 4.49. The van der Waals surface area contributed by atoms with Crippen LogP contribution in [0.25, 0.3) is 0 Å². The van der Waals surface area contributed by atoms with Crippen molar-refractivity contribution in [2.75, 3.05) is 13.1 Å². The van der Waals surface area contributed by atoms with E-state index in [1.807, 2.05) is 0 Å². The molecular formula is C14H16FNO4S. The SMILES string of the molecule is O=C(O)c1ccc(F)c(S(=O)(=O)N2CC3CCCC3C2)c1. The number of carboxylic acids is 1. The first-order valence-corrected chi connectivity index (χ1v) is 8.36. The van der Waals surface area contributed by atoms with Gasteiger partial charge in [0.1, 0.15) is 10.7 Å². The molecular weight excluding hydrogens is 297 g/mol. The molecule has 0 radical (unpaired) electrons. The Morgan fingerprint density at radius 3 is 2.43 bits per heavy atom. The van der Waals surface area contributed by atoms with Gasteiger partial charge in [-0.25, -0.2) is 17.6 Å². The van der Waals surface area contributed by atoms with E-state index < -0.39 is 26.7 Å². The van der Waals surface area contributed by atoms with Gasteiger partial charge in [-0.3, -0.25) is 0 Å². The first-order valence-electron chi connectivity index (χ1n) is 6.92. The highest BCUT2D eigenvalue weighted by atomic mass is 32.2. The van der Waals surface area contributed by atoms with Gasteiger partial charge in [0.05, 0.1) is 5.56 Å². The lowest BCUT2D eigenvalue weighted by atomic mass is 10.0. The third kappa shape index (κ3) is 2.44. The Morgan fingerprint density at radius 1 is 1.24 bits per heavy atom. The highest BCUT2D eigenvalue weighted by Crippen LogP contribution is 2.40. The average molecular weight is 313 g/mol. The number of carboxylic acid groups (broad SMARTS) is 1. The highest BCUT2D eigenvalue weighted by Gasteiger charge is 2.42. The zero-order chi connectivity index (χ0) is 15.2. The van der Waals surface area contributed by atoms with E-state index in [9.17, 15) is 17.6 Å². The van der Waals surface area contributed by atoms with Crippen molar-refractivity contribution in [3.05, 3.63) is 29.6 Å². The molecule has 1 saturated heterocycles. The maximum absolute atomic E-state index is 13.9. The van der Waals surface area contributed by atoms with E-state index in [0.717, 1.165) is 37.5 Å². The van der Waals surface area contributed by atoms with Gasteiger partial charge in [0.2, 0.25) is 10.0 Å². The molecule has 21 heavy (non-hydrogen) atoms. The molecule has 1 aliphatic carbocycles. The van der Waals surface area contributed by atoms with Crippen molar-refractivity contribution < 1.29 is 22.7 Å². The normalized spacial score (nSPS) is 26.0. The summed E-state index contributed by atoms with van der Waals surface area (Å²) in [6, 6.07) is 2.86. The largest absolute Gasteiger partial charge is 0.478 e. The molecule has 1 aromatic carbocycles. The van der Waals surface area contributed by atoms with Crippen molar-refractivity contribution in [3.8, 4) is 0 Å². The minimum Gasteiger partial charge on any atom is -0.478 e. The van der Waals surface area contributed by atoms with E-state index in [-0.39, 0.29) is 5.56 Å². The predicted molar refractivity (Wildman–Crippen MR) is 72.9 cm³/mol. The first kappa shape index (κ1) is 14.5. The summed E-state index contributed by atoms with van der Waals surface area (Å²) in [5.74, 6) is -1.47. The summed E-state index contributed by atoms with van der Waals surface area (Å²) in [4.78, 5) is 10.4. The molecule has 114 valence electrons. The fourth-order valence-electron chi connectivity index (χ4n) is 3.36. The lowest BCUT2D eigenvalue weighted by Crippen LogP contribution is -2.30. The summed E-state index contributed by atoms with van der Waals surface area (Å²) in [6.07, 6.45) is 3.13. The van der Waals surface area contributed by atoms with Crippen LogP contribution in [0.2, 0.25) is 0 Å². The zero-order valence-corrected chi connectivity index (χ0v) is 12.1. The van der Waals surface area contributed by atoms with Crippen LogP contribution >= 0.6 is 0 Å². The number of benzene rings is 1. The van der Waals surface area contributed by atoms with Gasteiger partial charge < -0.3 is 5.11 Å². The number of hydrogen-bond donors (Lipinski definition) is 1. The smallest absolute Gasteiger partial charge is 0.335 e. The van der Waals surface area contributed by atoms with Gasteiger partial charge in [-0.2, -0.15) is 4.31 Å². The van der Waals surface area contributed by atoms with Crippen LogP contribution in [0.3, 0.4) is 0 Å². The molecule has 0 spiro atoms. The van der Waals surface area contributed by atoms with Crippen LogP contribution in [-0.4, -0.2) is 36.9 Å². The van der Waals surface area contributed by atoms with E-state index >= 15 is 0 Å². The number of aromatic carboxylic acids is 1. The fourth-order valence-corrected chi connectivity index (χ4v) is 5.01. The minimum absolute atomic E-state index is 0.227. The van der Waals surface area contributed by atoms with E-state index in [1.54, 1.807) is 0 Å². The second kappa shape index (κ2) is 5.06. The quantitative estimate of drug-likeness (QED) is 0.925. The van der Waals surface area contributed by atoms with Crippen molar-refractivity contribution >= 4 is 16.0 Å². The first-order chi connectivity index (χ1) is 9.89. The molecule has 1 saturated carbocycles. The van der Waals surface area contributed by atoms with Gasteiger partial charge >= 0.3 is 5.97 Å². The van der Waals surface area contributed by atoms with E-state index in [2.05, 4.69) is 0 Å². The number of rotatable bonds is 3. The molecule has 1 N–H and O–H groups in total. The number of sulfonamides is 1. The molecule has 2 atom stereocenters. The standard InChI is InChI=1S/C14H16FNO4S/c15-12-5-4-9(14(17)18)6-13(12)21(19,20)16-7-10-2-1-3-11(10)8-16/h4-6,10-11H,1-3,7-8H2,(H,17,18). The number of carbonyl (C=O) groups is 1. The summed E-state index contributed by atoms with van der Waals surface area (Å²) in [6.45, 7) is 0.813. The Kier molecular flexibility index (Phi) is 3.49. The Labute approximate surface area is 122 Å². The van der Waals surface area contributed by atoms with E-state index in [1.165, 1.54) is 4.31 Å². The van der Waals surface area contributed by atoms with Gasteiger partial charge in [-0.15, -0.1) is 0 Å². The van der Waals surface area contributed by atoms with Crippen LogP contribution in [-0.2, 0) is 10.0 Å². The molecule has 1 aliphatic heterocycles. The highest BCUT2D eigenvalue weighted by molar-refractivity contribution is 7.89. The zero-order valence-electron chi connectivity index (χ0n) is 11.3. The van der Waals surface area contributed by atoms with Gasteiger partial charge in [0.25, 0.3) is 0 Å². The van der Waals surface area contributed by atoms with E-state index in [0.29, 0.717) is 24.9 Å². The second-order valence-electron chi connectivity index (χ2n) is 5.72. The lowest BCUT2D eigenvalue weighted by molar-refractivity contribution is 0.0696. The Hall–Kier alpha value is -1.47. The Bertz CT molecular complexity index is 676. The van der Waals surface area contributed by atoms with Crippen molar-refractivity contribution in [2.45, 2.75) is 24.2 Å². The molecule has 0 aromatic heterocycles. The summed E-state index contributed by atoms with van der Waals surface area (Å²) in [5.41, 5.74) is -0.227. The Balaban J connectivity index is 1.95. The summed E-state index contributed by atoms with van der Waals surface area (Å²) in [7, 11) is -3.97. The van der Waals surface area contributed by atoms with Crippen LogP contribution in [0.5, 0.6) is 0 Å². The summed E-state index contributed by atoms with van der Waals surface area (Å²) >= 11 is 0. The fraction of sp³-hybridized carbons (Fsp3) is 0.500. The summed E-state index contributed by atoms with van der Waals surface area (Å²) < 4.78 is 40.3. The molecule has 2 unspecified atom stereocenters. The molecule has 1 aromatic rings. The van der Waals surface area contributed by atoms with Crippen molar-refractivity contribution in [3.63, 3.8) is 0 Å². The lowest BCUT2D eigenvalue weighted by Gasteiger charge is -2.18. The number of fused-ring (bicyclic) bond motifs is 1. The maximum Gasteiger partial charge on any atom is 0.335 e. The third-order valence-corrected chi connectivity index (χ3v) is 6.34. The van der Waals surface area contributed by atoms with Gasteiger partial charge in [0, 0.05) is 13.1 Å². The topological polar surface area (TPSA) is 74.7 Å².